The van der Waals surface area contributed by atoms with E-state index in [2.05, 4.69) is 15.9 Å². The minimum absolute atomic E-state index is 0.135. The predicted molar refractivity (Wildman–Crippen MR) is 88.1 cm³/mol. The first kappa shape index (κ1) is 16.0. The van der Waals surface area contributed by atoms with Crippen molar-refractivity contribution >= 4 is 33.6 Å². The van der Waals surface area contributed by atoms with Gasteiger partial charge in [-0.25, -0.2) is 4.39 Å². The molecule has 110 valence electrons. The van der Waals surface area contributed by atoms with Crippen LogP contribution in [0.5, 0.6) is 0 Å². The molecule has 0 unspecified atom stereocenters. The van der Waals surface area contributed by atoms with E-state index in [1.165, 1.54) is 23.1 Å². The Hall–Kier alpha value is -1.33. The number of carbonyl (C=O) groups is 1. The van der Waals surface area contributed by atoms with Crippen LogP contribution in [0.4, 0.5) is 4.39 Å². The van der Waals surface area contributed by atoms with Crippen molar-refractivity contribution in [3.05, 3.63) is 63.9 Å². The molecule has 0 aliphatic heterocycles. The summed E-state index contributed by atoms with van der Waals surface area (Å²) in [6.07, 6.45) is 2.02. The van der Waals surface area contributed by atoms with E-state index >= 15 is 0 Å². The third-order valence-electron chi connectivity index (χ3n) is 3.09. The topological polar surface area (TPSA) is 20.3 Å². The summed E-state index contributed by atoms with van der Waals surface area (Å²) in [6.45, 7) is 0.516. The highest BCUT2D eigenvalue weighted by atomic mass is 79.9. The van der Waals surface area contributed by atoms with Crippen LogP contribution in [0.2, 0.25) is 0 Å². The molecule has 0 saturated heterocycles. The number of benzene rings is 2. The highest BCUT2D eigenvalue weighted by molar-refractivity contribution is 9.10. The molecule has 2 aromatic rings. The van der Waals surface area contributed by atoms with Gasteiger partial charge in [-0.2, -0.15) is 0 Å². The number of hydrogen-bond acceptors (Lipinski definition) is 2. The molecule has 0 aromatic heterocycles. The van der Waals surface area contributed by atoms with Crippen molar-refractivity contribution < 1.29 is 9.18 Å². The van der Waals surface area contributed by atoms with Crippen LogP contribution < -0.4 is 0 Å². The molecule has 21 heavy (non-hydrogen) atoms. The fraction of sp³-hybridized carbons (Fsp3) is 0.188. The van der Waals surface area contributed by atoms with Crippen molar-refractivity contribution in [3.63, 3.8) is 0 Å². The van der Waals surface area contributed by atoms with Crippen LogP contribution in [0.3, 0.4) is 0 Å². The highest BCUT2D eigenvalue weighted by Crippen LogP contribution is 2.19. The van der Waals surface area contributed by atoms with Crippen LogP contribution in [0.15, 0.2) is 51.8 Å². The van der Waals surface area contributed by atoms with Crippen LogP contribution in [0.1, 0.15) is 15.9 Å². The van der Waals surface area contributed by atoms with Gasteiger partial charge in [0.25, 0.3) is 5.91 Å². The van der Waals surface area contributed by atoms with Gasteiger partial charge in [0.15, 0.2) is 0 Å². The lowest BCUT2D eigenvalue weighted by Gasteiger charge is -2.17. The number of nitrogens with zero attached hydrogens (tertiary/aromatic N) is 1. The maximum Gasteiger partial charge on any atom is 0.253 e. The third kappa shape index (κ3) is 4.08. The smallest absolute Gasteiger partial charge is 0.253 e. The third-order valence-corrected chi connectivity index (χ3v) is 4.44. The molecule has 5 heteroatoms. The maximum atomic E-state index is 13.2. The van der Waals surface area contributed by atoms with Gasteiger partial charge in [-0.3, -0.25) is 4.79 Å². The van der Waals surface area contributed by atoms with E-state index in [9.17, 15) is 9.18 Å². The molecule has 2 nitrogen and oxygen atoms in total. The summed E-state index contributed by atoms with van der Waals surface area (Å²) >= 11 is 4.78. The molecule has 0 aliphatic rings. The number of halogens is 2. The van der Waals surface area contributed by atoms with Crippen LogP contribution in [0.25, 0.3) is 0 Å². The molecule has 1 amide bonds. The molecule has 0 heterocycles. The lowest BCUT2D eigenvalue weighted by molar-refractivity contribution is 0.0785. The molecule has 0 saturated carbocycles. The zero-order chi connectivity index (χ0) is 15.4. The lowest BCUT2D eigenvalue weighted by atomic mass is 10.1. The van der Waals surface area contributed by atoms with Gasteiger partial charge < -0.3 is 4.90 Å². The summed E-state index contributed by atoms with van der Waals surface area (Å²) in [5.41, 5.74) is 1.52. The molecule has 0 fully saturated rings. The summed E-state index contributed by atoms with van der Waals surface area (Å²) in [5, 5.41) is 0. The Balaban J connectivity index is 2.09. The SMILES string of the molecule is CSc1ccc(CN(C)C(=O)c2ccc(F)c(Br)c2)cc1. The minimum Gasteiger partial charge on any atom is -0.337 e. The number of carbonyl (C=O) groups excluding carboxylic acids is 1. The second-order valence-electron chi connectivity index (χ2n) is 4.64. The van der Waals surface area contributed by atoms with Crippen molar-refractivity contribution in [2.75, 3.05) is 13.3 Å². The van der Waals surface area contributed by atoms with E-state index in [1.54, 1.807) is 23.7 Å². The van der Waals surface area contributed by atoms with Gasteiger partial charge >= 0.3 is 0 Å². The molecular weight excluding hydrogens is 353 g/mol. The van der Waals surface area contributed by atoms with Crippen LogP contribution in [-0.4, -0.2) is 24.1 Å². The van der Waals surface area contributed by atoms with E-state index in [0.29, 0.717) is 16.6 Å². The summed E-state index contributed by atoms with van der Waals surface area (Å²) in [4.78, 5) is 15.1. The Kier molecular flexibility index (Phi) is 5.42. The number of thioether (sulfide) groups is 1. The van der Waals surface area contributed by atoms with Gasteiger partial charge in [0.1, 0.15) is 5.82 Å². The molecule has 0 aliphatic carbocycles. The minimum atomic E-state index is -0.373. The Morgan fingerprint density at radius 2 is 1.90 bits per heavy atom. The number of amides is 1. The van der Waals surface area contributed by atoms with Gasteiger partial charge in [-0.1, -0.05) is 12.1 Å². The van der Waals surface area contributed by atoms with Gasteiger partial charge in [-0.15, -0.1) is 11.8 Å². The monoisotopic (exact) mass is 367 g/mol. The van der Waals surface area contributed by atoms with E-state index in [0.717, 1.165) is 5.56 Å². The van der Waals surface area contributed by atoms with Crippen molar-refractivity contribution in [2.45, 2.75) is 11.4 Å². The average molecular weight is 368 g/mol. The van der Waals surface area contributed by atoms with Crippen LogP contribution in [-0.2, 0) is 6.54 Å². The van der Waals surface area contributed by atoms with E-state index in [-0.39, 0.29) is 11.7 Å². The zero-order valence-corrected chi connectivity index (χ0v) is 14.2. The zero-order valence-electron chi connectivity index (χ0n) is 11.8. The Morgan fingerprint density at radius 1 is 1.24 bits per heavy atom. The molecule has 0 atom stereocenters. The molecule has 0 spiro atoms. The van der Waals surface area contributed by atoms with Crippen molar-refractivity contribution in [1.29, 1.82) is 0 Å². The van der Waals surface area contributed by atoms with E-state index in [1.807, 2.05) is 30.5 Å². The number of hydrogen-bond donors (Lipinski definition) is 0. The van der Waals surface area contributed by atoms with Crippen LogP contribution >= 0.6 is 27.7 Å². The second-order valence-corrected chi connectivity index (χ2v) is 6.37. The Labute approximate surface area is 136 Å². The molecule has 2 aromatic carbocycles. The van der Waals surface area contributed by atoms with E-state index < -0.39 is 0 Å². The first-order chi connectivity index (χ1) is 10.0. The van der Waals surface area contributed by atoms with E-state index in [4.69, 9.17) is 0 Å². The lowest BCUT2D eigenvalue weighted by Crippen LogP contribution is -2.26. The first-order valence-corrected chi connectivity index (χ1v) is 8.36. The average Bonchev–Trinajstić information content (AvgIpc) is 2.50. The summed E-state index contributed by atoms with van der Waals surface area (Å²) in [6, 6.07) is 12.4. The van der Waals surface area contributed by atoms with Gasteiger partial charge in [0, 0.05) is 24.1 Å². The van der Waals surface area contributed by atoms with Gasteiger partial charge in [0.05, 0.1) is 4.47 Å². The Morgan fingerprint density at radius 3 is 2.48 bits per heavy atom. The molecule has 0 radical (unpaired) electrons. The van der Waals surface area contributed by atoms with Crippen LogP contribution in [0, 0.1) is 5.82 Å². The Bertz CT molecular complexity index is 645. The summed E-state index contributed by atoms with van der Waals surface area (Å²) in [7, 11) is 1.74. The van der Waals surface area contributed by atoms with Crippen molar-refractivity contribution in [3.8, 4) is 0 Å². The van der Waals surface area contributed by atoms with Crippen molar-refractivity contribution in [2.24, 2.45) is 0 Å². The quantitative estimate of drug-likeness (QED) is 0.737. The largest absolute Gasteiger partial charge is 0.337 e. The fourth-order valence-electron chi connectivity index (χ4n) is 1.93. The standard InChI is InChI=1S/C16H15BrFNOS/c1-19(10-11-3-6-13(21-2)7-4-11)16(20)12-5-8-15(18)14(17)9-12/h3-9H,10H2,1-2H3. The predicted octanol–water partition coefficient (Wildman–Crippen LogP) is 4.58. The first-order valence-electron chi connectivity index (χ1n) is 6.34. The summed E-state index contributed by atoms with van der Waals surface area (Å²) < 4.78 is 13.5. The maximum absolute atomic E-state index is 13.2. The fourth-order valence-corrected chi connectivity index (χ4v) is 2.71. The highest BCUT2D eigenvalue weighted by Gasteiger charge is 2.13. The second kappa shape index (κ2) is 7.09. The van der Waals surface area contributed by atoms with Gasteiger partial charge in [-0.05, 0) is 58.1 Å². The number of rotatable bonds is 4. The summed E-state index contributed by atoms with van der Waals surface area (Å²) in [5.74, 6) is -0.508. The molecule has 0 bridgehead atoms. The van der Waals surface area contributed by atoms with Gasteiger partial charge in [0.2, 0.25) is 0 Å². The normalized spacial score (nSPS) is 10.5. The molecular formula is C16H15BrFNOS. The molecule has 0 N–H and O–H groups in total. The molecule has 2 rings (SSSR count). The van der Waals surface area contributed by atoms with Crippen molar-refractivity contribution in [1.82, 2.24) is 4.90 Å².